The fraction of sp³-hybridized carbons (Fsp3) is 0.174. The first kappa shape index (κ1) is 21.1. The molecule has 2 aromatic carbocycles. The Morgan fingerprint density at radius 2 is 1.74 bits per heavy atom. The molecule has 0 bridgehead atoms. The number of aromatic nitrogens is 2. The average Bonchev–Trinajstić information content (AvgIpc) is 3.16. The molecule has 1 aromatic heterocycles. The first-order chi connectivity index (χ1) is 14.9. The zero-order chi connectivity index (χ0) is 22.1. The summed E-state index contributed by atoms with van der Waals surface area (Å²) < 4.78 is 9.02. The predicted molar refractivity (Wildman–Crippen MR) is 127 cm³/mol. The van der Waals surface area contributed by atoms with Crippen LogP contribution in [0.4, 0.5) is 0 Å². The van der Waals surface area contributed by atoms with Gasteiger partial charge in [0.25, 0.3) is 11.5 Å². The largest absolute Gasteiger partial charge is 0.497 e. The highest BCUT2D eigenvalue weighted by atomic mass is 32.2. The van der Waals surface area contributed by atoms with Crippen molar-refractivity contribution in [2.75, 3.05) is 7.11 Å². The summed E-state index contributed by atoms with van der Waals surface area (Å²) in [5.74, 6) is 0.554. The molecule has 1 saturated heterocycles. The third-order valence-electron chi connectivity index (χ3n) is 5.28. The molecule has 0 saturated carbocycles. The Balaban J connectivity index is 1.63. The van der Waals surface area contributed by atoms with Gasteiger partial charge < -0.3 is 4.74 Å². The van der Waals surface area contributed by atoms with Crippen LogP contribution in [0.15, 0.2) is 64.3 Å². The summed E-state index contributed by atoms with van der Waals surface area (Å²) in [6, 6.07) is 16.9. The van der Waals surface area contributed by atoms with E-state index in [1.807, 2.05) is 68.6 Å². The van der Waals surface area contributed by atoms with Crippen LogP contribution in [0.1, 0.15) is 16.8 Å². The quantitative estimate of drug-likeness (QED) is 0.435. The summed E-state index contributed by atoms with van der Waals surface area (Å²) in [6.07, 6.45) is 1.80. The van der Waals surface area contributed by atoms with Crippen LogP contribution in [0.3, 0.4) is 0 Å². The third-order valence-corrected chi connectivity index (χ3v) is 6.65. The predicted octanol–water partition coefficient (Wildman–Crippen LogP) is 3.89. The summed E-state index contributed by atoms with van der Waals surface area (Å²) in [7, 11) is 3.44. The van der Waals surface area contributed by atoms with Crippen molar-refractivity contribution in [3.05, 3.63) is 86.7 Å². The number of carbonyl (C=O) groups excluding carboxylic acids is 1. The highest BCUT2D eigenvalue weighted by Gasteiger charge is 2.33. The molecular weight excluding hydrogens is 430 g/mol. The average molecular weight is 452 g/mol. The van der Waals surface area contributed by atoms with E-state index in [-0.39, 0.29) is 18.0 Å². The minimum absolute atomic E-state index is 0.142. The van der Waals surface area contributed by atoms with Crippen molar-refractivity contribution in [2.24, 2.45) is 7.05 Å². The second-order valence-corrected chi connectivity index (χ2v) is 8.76. The van der Waals surface area contributed by atoms with Crippen LogP contribution >= 0.6 is 24.0 Å². The van der Waals surface area contributed by atoms with E-state index in [4.69, 9.17) is 17.0 Å². The number of benzene rings is 2. The van der Waals surface area contributed by atoms with Crippen LogP contribution in [0, 0.1) is 6.92 Å². The van der Waals surface area contributed by atoms with Gasteiger partial charge in [0.15, 0.2) is 0 Å². The number of thioether (sulfide) groups is 1. The van der Waals surface area contributed by atoms with Gasteiger partial charge in [-0.1, -0.05) is 54.3 Å². The van der Waals surface area contributed by atoms with E-state index in [0.717, 1.165) is 22.7 Å². The molecule has 1 amide bonds. The number of hydrogen-bond acceptors (Lipinski definition) is 5. The molecule has 31 heavy (non-hydrogen) atoms. The number of thiocarbonyl (C=S) groups is 1. The number of rotatable bonds is 5. The second-order valence-electron chi connectivity index (χ2n) is 7.08. The van der Waals surface area contributed by atoms with Gasteiger partial charge in [-0.2, -0.15) is 0 Å². The zero-order valence-electron chi connectivity index (χ0n) is 17.4. The SMILES string of the molecule is COc1ccc(/C=C2/SC(=S)N(Cc3c(C)n(C)n(-c4ccccc4)c3=O)C2=O)cc1. The maximum atomic E-state index is 13.2. The lowest BCUT2D eigenvalue weighted by Crippen LogP contribution is -2.30. The minimum atomic E-state index is -0.195. The highest BCUT2D eigenvalue weighted by Crippen LogP contribution is 2.34. The molecule has 3 aromatic rings. The van der Waals surface area contributed by atoms with E-state index in [1.165, 1.54) is 16.7 Å². The molecular formula is C23H21N3O3S2. The van der Waals surface area contributed by atoms with E-state index in [1.54, 1.807) is 22.5 Å². The monoisotopic (exact) mass is 451 g/mol. The van der Waals surface area contributed by atoms with E-state index in [9.17, 15) is 9.59 Å². The first-order valence-electron chi connectivity index (χ1n) is 9.63. The molecule has 1 fully saturated rings. The fourth-order valence-electron chi connectivity index (χ4n) is 3.45. The summed E-state index contributed by atoms with van der Waals surface area (Å²) in [5, 5.41) is 0. The maximum Gasteiger partial charge on any atom is 0.276 e. The van der Waals surface area contributed by atoms with Crippen LogP contribution in [-0.2, 0) is 18.4 Å². The molecule has 2 heterocycles. The number of carbonyl (C=O) groups is 1. The lowest BCUT2D eigenvalue weighted by Gasteiger charge is -2.13. The molecule has 1 aliphatic rings. The fourth-order valence-corrected chi connectivity index (χ4v) is 4.71. The minimum Gasteiger partial charge on any atom is -0.497 e. The Morgan fingerprint density at radius 3 is 2.39 bits per heavy atom. The molecule has 158 valence electrons. The van der Waals surface area contributed by atoms with Crippen molar-refractivity contribution in [3.63, 3.8) is 0 Å². The van der Waals surface area contributed by atoms with Gasteiger partial charge in [0.05, 0.1) is 29.8 Å². The zero-order valence-corrected chi connectivity index (χ0v) is 19.0. The van der Waals surface area contributed by atoms with Crippen molar-refractivity contribution < 1.29 is 9.53 Å². The van der Waals surface area contributed by atoms with Crippen LogP contribution in [0.5, 0.6) is 5.75 Å². The summed E-state index contributed by atoms with van der Waals surface area (Å²) in [4.78, 5) is 28.2. The Labute approximate surface area is 189 Å². The summed E-state index contributed by atoms with van der Waals surface area (Å²) >= 11 is 6.71. The molecule has 1 aliphatic heterocycles. The lowest BCUT2D eigenvalue weighted by molar-refractivity contribution is -0.122. The molecule has 0 spiro atoms. The molecule has 4 rings (SSSR count). The van der Waals surface area contributed by atoms with Gasteiger partial charge in [-0.3, -0.25) is 19.2 Å². The van der Waals surface area contributed by atoms with Crippen molar-refractivity contribution in [1.29, 1.82) is 0 Å². The maximum absolute atomic E-state index is 13.2. The van der Waals surface area contributed by atoms with Crippen molar-refractivity contribution in [2.45, 2.75) is 13.5 Å². The van der Waals surface area contributed by atoms with Gasteiger partial charge in [-0.25, -0.2) is 4.68 Å². The van der Waals surface area contributed by atoms with Crippen LogP contribution < -0.4 is 10.3 Å². The van der Waals surface area contributed by atoms with Gasteiger partial charge in [-0.05, 0) is 42.8 Å². The molecule has 0 radical (unpaired) electrons. The third kappa shape index (κ3) is 3.96. The number of ether oxygens (including phenoxy) is 1. The van der Waals surface area contributed by atoms with Crippen LogP contribution in [0.25, 0.3) is 11.8 Å². The van der Waals surface area contributed by atoms with Crippen molar-refractivity contribution >= 4 is 40.3 Å². The Morgan fingerprint density at radius 1 is 1.06 bits per heavy atom. The van der Waals surface area contributed by atoms with Gasteiger partial charge in [-0.15, -0.1) is 0 Å². The number of methoxy groups -OCH3 is 1. The molecule has 0 aliphatic carbocycles. The lowest BCUT2D eigenvalue weighted by atomic mass is 10.2. The molecule has 0 N–H and O–H groups in total. The number of para-hydroxylation sites is 1. The number of nitrogens with zero attached hydrogens (tertiary/aromatic N) is 3. The van der Waals surface area contributed by atoms with Gasteiger partial charge >= 0.3 is 0 Å². The smallest absolute Gasteiger partial charge is 0.276 e. The van der Waals surface area contributed by atoms with E-state index < -0.39 is 0 Å². The number of hydrogen-bond donors (Lipinski definition) is 0. The summed E-state index contributed by atoms with van der Waals surface area (Å²) in [6.45, 7) is 2.02. The normalized spacial score (nSPS) is 15.2. The standard InChI is InChI=1S/C23H21N3O3S2/c1-15-19(21(27)26(24(15)2)17-7-5-4-6-8-17)14-25-22(28)20(31-23(25)30)13-16-9-11-18(29-3)12-10-16/h4-13H,14H2,1-3H3/b20-13+. The van der Waals surface area contributed by atoms with Crippen LogP contribution in [0.2, 0.25) is 0 Å². The molecule has 0 unspecified atom stereocenters. The van der Waals surface area contributed by atoms with Crippen molar-refractivity contribution in [1.82, 2.24) is 14.3 Å². The van der Waals surface area contributed by atoms with Gasteiger partial charge in [0, 0.05) is 12.7 Å². The number of amides is 1. The van der Waals surface area contributed by atoms with Gasteiger partial charge in [0.1, 0.15) is 10.1 Å². The highest BCUT2D eigenvalue weighted by molar-refractivity contribution is 8.26. The Bertz CT molecular complexity index is 1240. The van der Waals surface area contributed by atoms with E-state index in [0.29, 0.717) is 14.8 Å². The molecule has 6 nitrogen and oxygen atoms in total. The Hall–Kier alpha value is -3.10. The molecule has 8 heteroatoms. The first-order valence-corrected chi connectivity index (χ1v) is 10.9. The Kier molecular flexibility index (Phi) is 5.84. The van der Waals surface area contributed by atoms with E-state index >= 15 is 0 Å². The van der Waals surface area contributed by atoms with Crippen LogP contribution in [-0.4, -0.2) is 31.6 Å². The second kappa shape index (κ2) is 8.56. The molecule has 0 atom stereocenters. The van der Waals surface area contributed by atoms with Crippen molar-refractivity contribution in [3.8, 4) is 11.4 Å². The van der Waals surface area contributed by atoms with Gasteiger partial charge in [0.2, 0.25) is 0 Å². The van der Waals surface area contributed by atoms with E-state index in [2.05, 4.69) is 0 Å². The topological polar surface area (TPSA) is 56.5 Å². The summed E-state index contributed by atoms with van der Waals surface area (Å²) in [5.41, 5.74) is 2.84.